The molecule has 0 aromatic rings. The highest BCUT2D eigenvalue weighted by Gasteiger charge is 1.93. The van der Waals surface area contributed by atoms with Crippen LogP contribution in [0.4, 0.5) is 0 Å². The molecule has 1 unspecified atom stereocenters. The van der Waals surface area contributed by atoms with E-state index in [1.165, 1.54) is 12.8 Å². The van der Waals surface area contributed by atoms with Crippen molar-refractivity contribution in [2.45, 2.75) is 38.6 Å². The summed E-state index contributed by atoms with van der Waals surface area (Å²) in [4.78, 5) is 0. The smallest absolute Gasteiger partial charge is 0.0431 e. The van der Waals surface area contributed by atoms with E-state index in [1.54, 1.807) is 0 Å². The fourth-order valence-corrected chi connectivity index (χ4v) is 1.00. The number of hydrogen-bond acceptors (Lipinski definition) is 2. The van der Waals surface area contributed by atoms with Crippen LogP contribution in [0.15, 0.2) is 12.7 Å². The fraction of sp³-hybridized carbons (Fsp3) is 0.800. The lowest BCUT2D eigenvalue weighted by molar-refractivity contribution is 0.282. The third kappa shape index (κ3) is 7.76. The van der Waals surface area contributed by atoms with Crippen molar-refractivity contribution in [2.24, 2.45) is 0 Å². The van der Waals surface area contributed by atoms with Gasteiger partial charge in [0, 0.05) is 12.6 Å². The lowest BCUT2D eigenvalue weighted by atomic mass is 10.2. The van der Waals surface area contributed by atoms with Crippen molar-refractivity contribution >= 4 is 0 Å². The number of hydrogen-bond donors (Lipinski definition) is 2. The average Bonchev–Trinajstić information content (AvgIpc) is 2.10. The Morgan fingerprint density at radius 2 is 2.00 bits per heavy atom. The molecule has 0 rings (SSSR count). The van der Waals surface area contributed by atoms with E-state index in [0.29, 0.717) is 12.6 Å². The molecule has 1 atom stereocenters. The summed E-state index contributed by atoms with van der Waals surface area (Å²) < 4.78 is 0. The van der Waals surface area contributed by atoms with E-state index in [9.17, 15) is 0 Å². The summed E-state index contributed by atoms with van der Waals surface area (Å²) in [6.07, 6.45) is 6.39. The van der Waals surface area contributed by atoms with Crippen molar-refractivity contribution in [3.63, 3.8) is 0 Å². The second kappa shape index (κ2) is 8.75. The van der Waals surface area contributed by atoms with Gasteiger partial charge in [0.15, 0.2) is 0 Å². The quantitative estimate of drug-likeness (QED) is 0.430. The highest BCUT2D eigenvalue weighted by atomic mass is 16.2. The van der Waals surface area contributed by atoms with Gasteiger partial charge < -0.3 is 10.4 Å². The Hall–Kier alpha value is -0.340. The van der Waals surface area contributed by atoms with E-state index in [2.05, 4.69) is 18.8 Å². The first-order valence-corrected chi connectivity index (χ1v) is 4.78. The van der Waals surface area contributed by atoms with Crippen LogP contribution in [0.3, 0.4) is 0 Å². The minimum absolute atomic E-state index is 0.330. The molecule has 0 spiro atoms. The summed E-state index contributed by atoms with van der Waals surface area (Å²) in [6.45, 7) is 7.18. The highest BCUT2D eigenvalue weighted by molar-refractivity contribution is 4.80. The lowest BCUT2D eigenvalue weighted by Crippen LogP contribution is -2.24. The molecule has 0 saturated heterocycles. The predicted octanol–water partition coefficient (Wildman–Crippen LogP) is 1.70. The molecule has 12 heavy (non-hydrogen) atoms. The maximum Gasteiger partial charge on any atom is 0.0431 e. The molecule has 0 aliphatic heterocycles. The lowest BCUT2D eigenvalue weighted by Gasteiger charge is -2.07. The molecule has 72 valence electrons. The predicted molar refractivity (Wildman–Crippen MR) is 53.2 cm³/mol. The number of nitrogens with one attached hydrogen (secondary N) is 1. The van der Waals surface area contributed by atoms with Gasteiger partial charge in [0.2, 0.25) is 0 Å². The van der Waals surface area contributed by atoms with Crippen LogP contribution in [-0.4, -0.2) is 24.3 Å². The molecule has 0 aliphatic carbocycles. The minimum Gasteiger partial charge on any atom is -0.396 e. The summed E-state index contributed by atoms with van der Waals surface area (Å²) in [7, 11) is 0. The zero-order valence-corrected chi connectivity index (χ0v) is 8.05. The first-order valence-electron chi connectivity index (χ1n) is 4.78. The van der Waals surface area contributed by atoms with E-state index < -0.39 is 0 Å². The summed E-state index contributed by atoms with van der Waals surface area (Å²) in [5.41, 5.74) is 0. The van der Waals surface area contributed by atoms with Crippen molar-refractivity contribution in [1.29, 1.82) is 0 Å². The van der Waals surface area contributed by atoms with Gasteiger partial charge in [0.1, 0.15) is 0 Å². The Morgan fingerprint density at radius 1 is 1.33 bits per heavy atom. The Kier molecular flexibility index (Phi) is 8.51. The van der Waals surface area contributed by atoms with Crippen molar-refractivity contribution in [2.75, 3.05) is 13.2 Å². The maximum absolute atomic E-state index is 8.52. The van der Waals surface area contributed by atoms with Gasteiger partial charge in [-0.1, -0.05) is 18.9 Å². The summed E-state index contributed by atoms with van der Waals surface area (Å²) in [5.74, 6) is 0. The van der Waals surface area contributed by atoms with E-state index >= 15 is 0 Å². The highest BCUT2D eigenvalue weighted by Crippen LogP contribution is 1.97. The molecule has 2 N–H and O–H groups in total. The Morgan fingerprint density at radius 3 is 2.58 bits per heavy atom. The van der Waals surface area contributed by atoms with E-state index in [4.69, 9.17) is 5.11 Å². The minimum atomic E-state index is 0.330. The number of aliphatic hydroxyl groups is 1. The third-order valence-electron chi connectivity index (χ3n) is 1.90. The van der Waals surface area contributed by atoms with Crippen LogP contribution in [0.2, 0.25) is 0 Å². The van der Waals surface area contributed by atoms with Crippen LogP contribution in [0.1, 0.15) is 32.6 Å². The van der Waals surface area contributed by atoms with Crippen molar-refractivity contribution in [3.05, 3.63) is 12.7 Å². The molecule has 0 radical (unpaired) electrons. The second-order valence-corrected chi connectivity index (χ2v) is 3.12. The number of rotatable bonds is 8. The standard InChI is InChI=1S/C10H21NO/c1-3-10(2)11-8-6-4-5-7-9-12/h3,10-12H,1,4-9H2,2H3. The first kappa shape index (κ1) is 11.7. The van der Waals surface area contributed by atoms with Gasteiger partial charge in [-0.3, -0.25) is 0 Å². The zero-order valence-electron chi connectivity index (χ0n) is 8.05. The first-order chi connectivity index (χ1) is 5.81. The number of unbranched alkanes of at least 4 members (excludes halogenated alkanes) is 3. The average molecular weight is 171 g/mol. The molecule has 0 aromatic carbocycles. The molecule has 0 bridgehead atoms. The Labute approximate surface area is 75.7 Å². The van der Waals surface area contributed by atoms with Crippen LogP contribution in [0.5, 0.6) is 0 Å². The Bertz CT molecular complexity index is 104. The fourth-order valence-electron chi connectivity index (χ4n) is 1.00. The van der Waals surface area contributed by atoms with E-state index in [1.807, 2.05) is 6.08 Å². The van der Waals surface area contributed by atoms with Crippen LogP contribution < -0.4 is 5.32 Å². The molecule has 0 aromatic heterocycles. The van der Waals surface area contributed by atoms with Crippen LogP contribution >= 0.6 is 0 Å². The maximum atomic E-state index is 8.52. The molecule has 0 amide bonds. The Balaban J connectivity index is 2.95. The second-order valence-electron chi connectivity index (χ2n) is 3.12. The third-order valence-corrected chi connectivity index (χ3v) is 1.90. The molecule has 0 fully saturated rings. The normalized spacial score (nSPS) is 12.8. The topological polar surface area (TPSA) is 32.3 Å². The summed E-state index contributed by atoms with van der Waals surface area (Å²) in [5, 5.41) is 11.8. The van der Waals surface area contributed by atoms with Gasteiger partial charge in [-0.15, -0.1) is 6.58 Å². The van der Waals surface area contributed by atoms with Gasteiger partial charge in [-0.25, -0.2) is 0 Å². The summed E-state index contributed by atoms with van der Waals surface area (Å²) in [6, 6.07) is 0.419. The zero-order chi connectivity index (χ0) is 9.23. The molecular weight excluding hydrogens is 150 g/mol. The van der Waals surface area contributed by atoms with Crippen LogP contribution in [-0.2, 0) is 0 Å². The molecule has 2 heteroatoms. The van der Waals surface area contributed by atoms with Gasteiger partial charge in [-0.05, 0) is 26.3 Å². The van der Waals surface area contributed by atoms with Crippen LogP contribution in [0.25, 0.3) is 0 Å². The van der Waals surface area contributed by atoms with Gasteiger partial charge in [-0.2, -0.15) is 0 Å². The molecular formula is C10H21NO. The van der Waals surface area contributed by atoms with Crippen molar-refractivity contribution in [3.8, 4) is 0 Å². The van der Waals surface area contributed by atoms with Crippen molar-refractivity contribution < 1.29 is 5.11 Å². The van der Waals surface area contributed by atoms with Gasteiger partial charge >= 0.3 is 0 Å². The van der Waals surface area contributed by atoms with E-state index in [-0.39, 0.29) is 0 Å². The van der Waals surface area contributed by atoms with Gasteiger partial charge in [0.05, 0.1) is 0 Å². The SMILES string of the molecule is C=CC(C)NCCCCCCO. The van der Waals surface area contributed by atoms with Gasteiger partial charge in [0.25, 0.3) is 0 Å². The van der Waals surface area contributed by atoms with E-state index in [0.717, 1.165) is 19.4 Å². The molecule has 0 saturated carbocycles. The largest absolute Gasteiger partial charge is 0.396 e. The summed E-state index contributed by atoms with van der Waals surface area (Å²) >= 11 is 0. The van der Waals surface area contributed by atoms with Crippen LogP contribution in [0, 0.1) is 0 Å². The molecule has 2 nitrogen and oxygen atoms in total. The van der Waals surface area contributed by atoms with Crippen molar-refractivity contribution in [1.82, 2.24) is 5.32 Å². The number of aliphatic hydroxyl groups excluding tert-OH is 1. The molecule has 0 aliphatic rings. The molecule has 0 heterocycles. The monoisotopic (exact) mass is 171 g/mol.